The lowest BCUT2D eigenvalue weighted by Gasteiger charge is -2.38. The summed E-state index contributed by atoms with van der Waals surface area (Å²) in [7, 11) is 0. The van der Waals surface area contributed by atoms with Gasteiger partial charge in [-0.1, -0.05) is 30.4 Å². The van der Waals surface area contributed by atoms with Crippen LogP contribution in [0.1, 0.15) is 23.4 Å². The number of hydrogen-bond donors (Lipinski definition) is 1. The van der Waals surface area contributed by atoms with Crippen molar-refractivity contribution in [2.24, 2.45) is 0 Å². The molecule has 1 N–H and O–H groups in total. The van der Waals surface area contributed by atoms with Crippen LogP contribution in [0.2, 0.25) is 0 Å². The molecule has 0 saturated carbocycles. The van der Waals surface area contributed by atoms with Crippen molar-refractivity contribution in [1.29, 1.82) is 0 Å². The Bertz CT molecular complexity index is 1130. The minimum atomic E-state index is -0.275. The van der Waals surface area contributed by atoms with Crippen molar-refractivity contribution in [2.75, 3.05) is 32.7 Å². The lowest BCUT2D eigenvalue weighted by Crippen LogP contribution is -2.47. The van der Waals surface area contributed by atoms with Crippen LogP contribution in [0.15, 0.2) is 47.1 Å². The van der Waals surface area contributed by atoms with Crippen molar-refractivity contribution in [3.8, 4) is 17.5 Å². The number of nitrogens with zero attached hydrogens (tertiary/aromatic N) is 5. The molecule has 30 heavy (non-hydrogen) atoms. The summed E-state index contributed by atoms with van der Waals surface area (Å²) in [6.07, 6.45) is 1.57. The van der Waals surface area contributed by atoms with Gasteiger partial charge in [-0.05, 0) is 36.4 Å². The van der Waals surface area contributed by atoms with E-state index >= 15 is 0 Å². The first-order chi connectivity index (χ1) is 14.6. The second-order valence-electron chi connectivity index (χ2n) is 7.32. The van der Waals surface area contributed by atoms with Crippen LogP contribution in [0, 0.1) is 5.82 Å². The van der Waals surface area contributed by atoms with E-state index in [0.29, 0.717) is 16.5 Å². The van der Waals surface area contributed by atoms with Crippen molar-refractivity contribution in [3.63, 3.8) is 0 Å². The van der Waals surface area contributed by atoms with Gasteiger partial charge in [0.2, 0.25) is 16.7 Å². The number of halogens is 1. The van der Waals surface area contributed by atoms with Crippen LogP contribution in [-0.2, 0) is 0 Å². The van der Waals surface area contributed by atoms with Gasteiger partial charge in [-0.25, -0.2) is 4.39 Å². The van der Waals surface area contributed by atoms with E-state index in [-0.39, 0.29) is 17.7 Å². The molecule has 1 aliphatic heterocycles. The Kier molecular flexibility index (Phi) is 5.01. The minimum Gasteiger partial charge on any atom is -0.492 e. The van der Waals surface area contributed by atoms with Crippen molar-refractivity contribution < 1.29 is 13.9 Å². The van der Waals surface area contributed by atoms with Crippen molar-refractivity contribution in [1.82, 2.24) is 24.4 Å². The normalized spacial score (nSPS) is 17.0. The number of benzene rings is 1. The molecule has 7 nitrogen and oxygen atoms in total. The van der Waals surface area contributed by atoms with Gasteiger partial charge in [-0.3, -0.25) is 4.90 Å². The largest absolute Gasteiger partial charge is 0.492 e. The van der Waals surface area contributed by atoms with Gasteiger partial charge in [0.1, 0.15) is 5.82 Å². The highest BCUT2D eigenvalue weighted by molar-refractivity contribution is 7.17. The fourth-order valence-electron chi connectivity index (χ4n) is 3.95. The zero-order valence-electron chi connectivity index (χ0n) is 16.5. The summed E-state index contributed by atoms with van der Waals surface area (Å²) < 4.78 is 20.4. The fraction of sp³-hybridized carbons (Fsp3) is 0.333. The fourth-order valence-corrected chi connectivity index (χ4v) is 5.07. The third-order valence-corrected chi connectivity index (χ3v) is 6.67. The molecule has 3 aromatic heterocycles. The molecule has 1 aromatic carbocycles. The molecule has 1 atom stereocenters. The number of piperazine rings is 1. The Balaban J connectivity index is 1.55. The number of aromatic hydroxyl groups is 1. The quantitative estimate of drug-likeness (QED) is 0.525. The van der Waals surface area contributed by atoms with Gasteiger partial charge in [-0.2, -0.15) is 9.50 Å². The zero-order valence-corrected chi connectivity index (χ0v) is 17.3. The van der Waals surface area contributed by atoms with Crippen LogP contribution < -0.4 is 0 Å². The third kappa shape index (κ3) is 3.38. The molecular weight excluding hydrogens is 405 g/mol. The van der Waals surface area contributed by atoms with Gasteiger partial charge in [-0.15, -0.1) is 5.10 Å². The summed E-state index contributed by atoms with van der Waals surface area (Å²) >= 11 is 1.40. The van der Waals surface area contributed by atoms with Gasteiger partial charge in [0.25, 0.3) is 0 Å². The first-order valence-corrected chi connectivity index (χ1v) is 10.8. The molecule has 0 radical (unpaired) electrons. The summed E-state index contributed by atoms with van der Waals surface area (Å²) in [5.74, 6) is 0.774. The summed E-state index contributed by atoms with van der Waals surface area (Å²) in [5, 5.41) is 15.5. The molecule has 5 rings (SSSR count). The first-order valence-electron chi connectivity index (χ1n) is 9.98. The smallest absolute Gasteiger partial charge is 0.230 e. The molecule has 4 heterocycles. The number of furan rings is 1. The molecule has 1 saturated heterocycles. The number of aromatic nitrogens is 3. The van der Waals surface area contributed by atoms with E-state index in [1.165, 1.54) is 28.0 Å². The van der Waals surface area contributed by atoms with Crippen LogP contribution in [-0.4, -0.2) is 62.2 Å². The number of hydrogen-bond acceptors (Lipinski definition) is 7. The molecule has 156 valence electrons. The standard InChI is InChI=1S/C21H22FN5O2S/c1-2-25-9-11-26(12-10-25)17(14-5-7-15(22)8-6-14)18-20(28)27-21(30-18)23-19(24-27)16-4-3-13-29-16/h3-8,13,17,28H,2,9-12H2,1H3. The van der Waals surface area contributed by atoms with Gasteiger partial charge in [0.15, 0.2) is 5.76 Å². The Hall–Kier alpha value is -2.75. The third-order valence-electron chi connectivity index (χ3n) is 5.59. The van der Waals surface area contributed by atoms with E-state index in [2.05, 4.69) is 26.8 Å². The maximum absolute atomic E-state index is 13.6. The average molecular weight is 428 g/mol. The molecule has 0 amide bonds. The van der Waals surface area contributed by atoms with Crippen molar-refractivity contribution >= 4 is 16.3 Å². The molecule has 4 aromatic rings. The lowest BCUT2D eigenvalue weighted by atomic mass is 10.0. The maximum atomic E-state index is 13.6. The predicted molar refractivity (Wildman–Crippen MR) is 112 cm³/mol. The highest BCUT2D eigenvalue weighted by atomic mass is 32.1. The molecule has 0 spiro atoms. The molecule has 9 heteroatoms. The Labute approximate surface area is 177 Å². The van der Waals surface area contributed by atoms with E-state index < -0.39 is 0 Å². The Morgan fingerprint density at radius 2 is 1.93 bits per heavy atom. The summed E-state index contributed by atoms with van der Waals surface area (Å²) in [5.41, 5.74) is 0.937. The molecule has 1 unspecified atom stereocenters. The first kappa shape index (κ1) is 19.2. The Morgan fingerprint density at radius 3 is 2.57 bits per heavy atom. The van der Waals surface area contributed by atoms with Gasteiger partial charge in [0.05, 0.1) is 17.2 Å². The molecule has 1 fully saturated rings. The SMILES string of the molecule is CCN1CCN(C(c2ccc(F)cc2)c2sc3nc(-c4ccco4)nn3c2O)CC1. The Morgan fingerprint density at radius 1 is 1.17 bits per heavy atom. The van der Waals surface area contributed by atoms with E-state index in [4.69, 9.17) is 4.42 Å². The topological polar surface area (TPSA) is 70.0 Å². The molecule has 0 bridgehead atoms. The van der Waals surface area contributed by atoms with Crippen molar-refractivity contribution in [3.05, 3.63) is 58.9 Å². The van der Waals surface area contributed by atoms with Gasteiger partial charge < -0.3 is 14.4 Å². The van der Waals surface area contributed by atoms with E-state index in [0.717, 1.165) is 43.2 Å². The van der Waals surface area contributed by atoms with E-state index in [1.807, 2.05) is 0 Å². The second-order valence-corrected chi connectivity index (χ2v) is 8.33. The summed E-state index contributed by atoms with van der Waals surface area (Å²) in [6.45, 7) is 6.82. The zero-order chi connectivity index (χ0) is 20.7. The van der Waals surface area contributed by atoms with Crippen LogP contribution in [0.3, 0.4) is 0 Å². The number of likely N-dealkylation sites (N-methyl/N-ethyl adjacent to an activating group) is 1. The number of fused-ring (bicyclic) bond motifs is 1. The number of thiazole rings is 1. The van der Waals surface area contributed by atoms with Gasteiger partial charge >= 0.3 is 0 Å². The molecular formula is C21H22FN5O2S. The summed E-state index contributed by atoms with van der Waals surface area (Å²) in [4.78, 5) is 10.6. The average Bonchev–Trinajstić information content (AvgIpc) is 3.49. The highest BCUT2D eigenvalue weighted by Crippen LogP contribution is 2.40. The van der Waals surface area contributed by atoms with Crippen LogP contribution in [0.25, 0.3) is 16.5 Å². The summed E-state index contributed by atoms with van der Waals surface area (Å²) in [6, 6.07) is 9.87. The highest BCUT2D eigenvalue weighted by Gasteiger charge is 2.31. The van der Waals surface area contributed by atoms with Crippen LogP contribution >= 0.6 is 11.3 Å². The minimum absolute atomic E-state index is 0.0625. The molecule has 0 aliphatic carbocycles. The predicted octanol–water partition coefficient (Wildman–Crippen LogP) is 3.62. The van der Waals surface area contributed by atoms with Crippen molar-refractivity contribution in [2.45, 2.75) is 13.0 Å². The monoisotopic (exact) mass is 427 g/mol. The van der Waals surface area contributed by atoms with E-state index in [1.54, 1.807) is 30.5 Å². The second kappa shape index (κ2) is 7.82. The van der Waals surface area contributed by atoms with E-state index in [9.17, 15) is 9.50 Å². The van der Waals surface area contributed by atoms with Crippen LogP contribution in [0.4, 0.5) is 4.39 Å². The molecule has 1 aliphatic rings. The van der Waals surface area contributed by atoms with Gasteiger partial charge in [0, 0.05) is 26.2 Å². The lowest BCUT2D eigenvalue weighted by molar-refractivity contribution is 0.113. The van der Waals surface area contributed by atoms with Crippen LogP contribution in [0.5, 0.6) is 5.88 Å². The maximum Gasteiger partial charge on any atom is 0.230 e. The number of rotatable bonds is 5.